The number of rotatable bonds is 9. The summed E-state index contributed by atoms with van der Waals surface area (Å²) in [6, 6.07) is 11.0. The fourth-order valence-corrected chi connectivity index (χ4v) is 1.97. The standard InChI is InChI=1S/C18H19N3O4/c1-23-7-8-24-16-4-2-3-14(9-16)11-21-18(22)13-25-17-5-6-20-12-15(17)10-19/h2-6,9,12H,7-8,11,13H2,1H3,(H,21,22). The van der Waals surface area contributed by atoms with Gasteiger partial charge in [0.05, 0.1) is 6.61 Å². The Bertz CT molecular complexity index is 743. The molecule has 7 nitrogen and oxygen atoms in total. The fourth-order valence-electron chi connectivity index (χ4n) is 1.97. The van der Waals surface area contributed by atoms with E-state index in [1.165, 1.54) is 12.4 Å². The van der Waals surface area contributed by atoms with Crippen LogP contribution >= 0.6 is 0 Å². The van der Waals surface area contributed by atoms with Gasteiger partial charge in [0.15, 0.2) is 6.61 Å². The van der Waals surface area contributed by atoms with Gasteiger partial charge >= 0.3 is 0 Å². The Hall–Kier alpha value is -3.11. The van der Waals surface area contributed by atoms with Crippen molar-refractivity contribution in [2.45, 2.75) is 6.54 Å². The van der Waals surface area contributed by atoms with Crippen LogP contribution in [0, 0.1) is 11.3 Å². The predicted octanol–water partition coefficient (Wildman–Crippen LogP) is 1.67. The summed E-state index contributed by atoms with van der Waals surface area (Å²) in [7, 11) is 1.61. The van der Waals surface area contributed by atoms with Crippen molar-refractivity contribution in [3.8, 4) is 17.6 Å². The lowest BCUT2D eigenvalue weighted by atomic mass is 10.2. The number of nitriles is 1. The third-order valence-corrected chi connectivity index (χ3v) is 3.20. The minimum absolute atomic E-state index is 0.178. The van der Waals surface area contributed by atoms with Crippen LogP contribution in [0.25, 0.3) is 0 Å². The quantitative estimate of drug-likeness (QED) is 0.698. The molecule has 1 aromatic carbocycles. The summed E-state index contributed by atoms with van der Waals surface area (Å²) in [6.45, 7) is 1.15. The number of carbonyl (C=O) groups is 1. The maximum Gasteiger partial charge on any atom is 0.258 e. The first-order valence-electron chi connectivity index (χ1n) is 7.67. The highest BCUT2D eigenvalue weighted by atomic mass is 16.5. The number of nitrogens with one attached hydrogen (secondary N) is 1. The van der Waals surface area contributed by atoms with Crippen LogP contribution in [0.5, 0.6) is 11.5 Å². The molecular weight excluding hydrogens is 322 g/mol. The summed E-state index contributed by atoms with van der Waals surface area (Å²) in [5.74, 6) is 0.767. The number of nitrogens with zero attached hydrogens (tertiary/aromatic N) is 2. The molecule has 0 saturated heterocycles. The number of benzene rings is 1. The number of methoxy groups -OCH3 is 1. The molecule has 25 heavy (non-hydrogen) atoms. The zero-order valence-electron chi connectivity index (χ0n) is 13.9. The van der Waals surface area contributed by atoms with Crippen LogP contribution in [0.2, 0.25) is 0 Å². The number of aromatic nitrogens is 1. The fraction of sp³-hybridized carbons (Fsp3) is 0.278. The lowest BCUT2D eigenvalue weighted by Gasteiger charge is -2.10. The molecule has 0 aliphatic carbocycles. The first-order chi connectivity index (χ1) is 12.2. The molecule has 0 bridgehead atoms. The van der Waals surface area contributed by atoms with E-state index in [4.69, 9.17) is 19.5 Å². The number of carbonyl (C=O) groups excluding carboxylic acids is 1. The average molecular weight is 341 g/mol. The predicted molar refractivity (Wildman–Crippen MR) is 90.1 cm³/mol. The molecule has 0 aliphatic rings. The van der Waals surface area contributed by atoms with Gasteiger partial charge in [-0.05, 0) is 23.8 Å². The number of amides is 1. The zero-order chi connectivity index (χ0) is 17.9. The van der Waals surface area contributed by atoms with Crippen molar-refractivity contribution >= 4 is 5.91 Å². The summed E-state index contributed by atoms with van der Waals surface area (Å²) < 4.78 is 15.8. The molecule has 2 aromatic rings. The van der Waals surface area contributed by atoms with E-state index >= 15 is 0 Å². The van der Waals surface area contributed by atoms with Gasteiger partial charge in [-0.25, -0.2) is 0 Å². The molecule has 2 rings (SSSR count). The first-order valence-corrected chi connectivity index (χ1v) is 7.67. The lowest BCUT2D eigenvalue weighted by Crippen LogP contribution is -2.28. The molecule has 0 saturated carbocycles. The van der Waals surface area contributed by atoms with Gasteiger partial charge in [-0.1, -0.05) is 12.1 Å². The maximum absolute atomic E-state index is 11.9. The molecule has 0 atom stereocenters. The van der Waals surface area contributed by atoms with E-state index in [1.807, 2.05) is 30.3 Å². The molecule has 7 heteroatoms. The Morgan fingerprint density at radius 2 is 2.16 bits per heavy atom. The second-order valence-electron chi connectivity index (χ2n) is 5.04. The van der Waals surface area contributed by atoms with E-state index in [2.05, 4.69) is 10.3 Å². The molecule has 1 amide bonds. The molecule has 1 heterocycles. The van der Waals surface area contributed by atoms with Gasteiger partial charge in [-0.2, -0.15) is 5.26 Å². The van der Waals surface area contributed by atoms with Crippen LogP contribution < -0.4 is 14.8 Å². The van der Waals surface area contributed by atoms with Crippen LogP contribution in [-0.2, 0) is 16.1 Å². The van der Waals surface area contributed by atoms with Crippen molar-refractivity contribution < 1.29 is 19.0 Å². The second kappa shape index (κ2) is 9.90. The highest BCUT2D eigenvalue weighted by Gasteiger charge is 2.07. The number of hydrogen-bond acceptors (Lipinski definition) is 6. The maximum atomic E-state index is 11.9. The Balaban J connectivity index is 1.80. The smallest absolute Gasteiger partial charge is 0.258 e. The van der Waals surface area contributed by atoms with Crippen molar-refractivity contribution in [1.29, 1.82) is 5.26 Å². The molecule has 0 fully saturated rings. The van der Waals surface area contributed by atoms with Crippen LogP contribution in [0.4, 0.5) is 0 Å². The van der Waals surface area contributed by atoms with Crippen molar-refractivity contribution in [1.82, 2.24) is 10.3 Å². The number of ether oxygens (including phenoxy) is 3. The van der Waals surface area contributed by atoms with E-state index in [0.29, 0.717) is 25.5 Å². The monoisotopic (exact) mass is 341 g/mol. The topological polar surface area (TPSA) is 93.5 Å². The van der Waals surface area contributed by atoms with Gasteiger partial charge in [0.2, 0.25) is 0 Å². The highest BCUT2D eigenvalue weighted by molar-refractivity contribution is 5.77. The second-order valence-corrected chi connectivity index (χ2v) is 5.04. The van der Waals surface area contributed by atoms with E-state index in [9.17, 15) is 4.79 Å². The molecule has 0 radical (unpaired) electrons. The Labute approximate surface area is 146 Å². The van der Waals surface area contributed by atoms with Crippen molar-refractivity contribution in [3.63, 3.8) is 0 Å². The van der Waals surface area contributed by atoms with Gasteiger partial charge in [0, 0.05) is 26.0 Å². The van der Waals surface area contributed by atoms with Gasteiger partial charge in [0.1, 0.15) is 29.7 Å². The number of pyridine rings is 1. The third kappa shape index (κ3) is 6.12. The first kappa shape index (κ1) is 18.2. The molecule has 0 unspecified atom stereocenters. The third-order valence-electron chi connectivity index (χ3n) is 3.20. The average Bonchev–Trinajstić information content (AvgIpc) is 2.65. The number of hydrogen-bond donors (Lipinski definition) is 1. The molecule has 130 valence electrons. The largest absolute Gasteiger partial charge is 0.491 e. The van der Waals surface area contributed by atoms with Crippen LogP contribution in [0.3, 0.4) is 0 Å². The summed E-state index contributed by atoms with van der Waals surface area (Å²) in [5.41, 5.74) is 1.20. The summed E-state index contributed by atoms with van der Waals surface area (Å²) in [5, 5.41) is 11.7. The minimum Gasteiger partial charge on any atom is -0.491 e. The van der Waals surface area contributed by atoms with Crippen LogP contribution in [0.1, 0.15) is 11.1 Å². The van der Waals surface area contributed by atoms with Gasteiger partial charge in [0.25, 0.3) is 5.91 Å². The molecule has 1 N–H and O–H groups in total. The molecule has 0 spiro atoms. The van der Waals surface area contributed by atoms with E-state index in [1.54, 1.807) is 13.2 Å². The van der Waals surface area contributed by atoms with E-state index in [0.717, 1.165) is 11.3 Å². The normalized spacial score (nSPS) is 9.92. The van der Waals surface area contributed by atoms with Gasteiger partial charge < -0.3 is 19.5 Å². The Kier molecular flexibility index (Phi) is 7.22. The minimum atomic E-state index is -0.286. The lowest BCUT2D eigenvalue weighted by molar-refractivity contribution is -0.123. The van der Waals surface area contributed by atoms with E-state index < -0.39 is 0 Å². The zero-order valence-corrected chi connectivity index (χ0v) is 13.9. The molecule has 0 aliphatic heterocycles. The van der Waals surface area contributed by atoms with Gasteiger partial charge in [-0.3, -0.25) is 9.78 Å². The van der Waals surface area contributed by atoms with Gasteiger partial charge in [-0.15, -0.1) is 0 Å². The summed E-state index contributed by atoms with van der Waals surface area (Å²) in [4.78, 5) is 15.7. The molecular formula is C18H19N3O4. The summed E-state index contributed by atoms with van der Waals surface area (Å²) in [6.07, 6.45) is 2.89. The van der Waals surface area contributed by atoms with Crippen LogP contribution in [-0.4, -0.2) is 37.8 Å². The SMILES string of the molecule is COCCOc1cccc(CNC(=O)COc2ccncc2C#N)c1. The highest BCUT2D eigenvalue weighted by Crippen LogP contribution is 2.15. The Morgan fingerprint density at radius 3 is 2.96 bits per heavy atom. The Morgan fingerprint density at radius 1 is 1.28 bits per heavy atom. The van der Waals surface area contributed by atoms with Crippen LogP contribution in [0.15, 0.2) is 42.7 Å². The molecule has 1 aromatic heterocycles. The van der Waals surface area contributed by atoms with E-state index in [-0.39, 0.29) is 18.1 Å². The van der Waals surface area contributed by atoms with Crippen molar-refractivity contribution in [2.24, 2.45) is 0 Å². The van der Waals surface area contributed by atoms with Crippen molar-refractivity contribution in [3.05, 3.63) is 53.9 Å². The summed E-state index contributed by atoms with van der Waals surface area (Å²) >= 11 is 0. The van der Waals surface area contributed by atoms with Crippen molar-refractivity contribution in [2.75, 3.05) is 26.9 Å².